The van der Waals surface area contributed by atoms with Crippen LogP contribution in [0, 0.1) is 17.8 Å². The molecule has 5 aliphatic rings. The van der Waals surface area contributed by atoms with Crippen molar-refractivity contribution < 1.29 is 19.1 Å². The summed E-state index contributed by atoms with van der Waals surface area (Å²) in [5, 5.41) is 2.75. The third kappa shape index (κ3) is 6.80. The van der Waals surface area contributed by atoms with Crippen molar-refractivity contribution in [1.82, 2.24) is 35.1 Å². The summed E-state index contributed by atoms with van der Waals surface area (Å²) in [6.45, 7) is 9.21. The van der Waals surface area contributed by atoms with Gasteiger partial charge in [0.2, 0.25) is 11.8 Å². The molecule has 1 saturated carbocycles. The Morgan fingerprint density at radius 1 is 0.774 bits per heavy atom. The van der Waals surface area contributed by atoms with Gasteiger partial charge in [0.15, 0.2) is 0 Å². The predicted molar refractivity (Wildman–Crippen MR) is 240 cm³/mol. The second kappa shape index (κ2) is 16.0. The van der Waals surface area contributed by atoms with Gasteiger partial charge in [-0.25, -0.2) is 14.8 Å². The first kappa shape index (κ1) is 40.6. The van der Waals surface area contributed by atoms with Crippen molar-refractivity contribution in [3.05, 3.63) is 82.6 Å². The first-order chi connectivity index (χ1) is 30.0. The van der Waals surface area contributed by atoms with E-state index in [2.05, 4.69) is 57.7 Å². The minimum absolute atomic E-state index is 0.0125. The van der Waals surface area contributed by atoms with Gasteiger partial charge in [0, 0.05) is 18.7 Å². The molecular weight excluding hydrogens is 777 g/mol. The molecule has 0 radical (unpaired) electrons. The number of carbonyl (C=O) groups is 3. The number of fused-ring (bicyclic) bond motifs is 5. The number of ether oxygens (including phenoxy) is 1. The maximum absolute atomic E-state index is 13.8. The van der Waals surface area contributed by atoms with E-state index >= 15 is 0 Å². The van der Waals surface area contributed by atoms with Crippen LogP contribution >= 0.6 is 0 Å². The molecule has 5 aromatic rings. The number of methoxy groups -OCH3 is 1. The summed E-state index contributed by atoms with van der Waals surface area (Å²) in [7, 11) is 1.32. The van der Waals surface area contributed by atoms with Crippen LogP contribution in [-0.4, -0.2) is 79.9 Å². The predicted octanol–water partition coefficient (Wildman–Crippen LogP) is 8.52. The fourth-order valence-electron chi connectivity index (χ4n) is 11.5. The van der Waals surface area contributed by atoms with Crippen LogP contribution in [0.15, 0.2) is 48.7 Å². The van der Waals surface area contributed by atoms with Crippen molar-refractivity contribution in [1.29, 1.82) is 0 Å². The molecule has 10 rings (SSSR count). The van der Waals surface area contributed by atoms with Gasteiger partial charge in [-0.1, -0.05) is 58.0 Å². The molecule has 324 valence electrons. The topological polar surface area (TPSA) is 162 Å². The highest BCUT2D eigenvalue weighted by atomic mass is 16.5. The SMILES string of the molecule is COC(=O)NC(C(=O)N1CCCC1c1ncc(-c2ccc(-c3ccc(-c4ccc5nc(C6CCCN6C(=O)C(N)C(C)C)[nH]c5c4)c4c3C3CCC3C4)c3c2CCC3)[nH]1)C(C)C. The number of nitrogens with zero attached hydrogens (tertiary/aromatic N) is 4. The normalized spacial score (nSPS) is 22.5. The molecule has 3 amide bonds. The van der Waals surface area contributed by atoms with Gasteiger partial charge in [-0.3, -0.25) is 9.59 Å². The third-order valence-electron chi connectivity index (χ3n) is 15.0. The average Bonchev–Trinajstić information content (AvgIpc) is 4.12. The number of likely N-dealkylation sites (tertiary alicyclic amines) is 2. The molecule has 6 atom stereocenters. The van der Waals surface area contributed by atoms with Crippen LogP contribution in [0.2, 0.25) is 0 Å². The molecule has 2 saturated heterocycles. The molecule has 2 aliphatic heterocycles. The van der Waals surface area contributed by atoms with Crippen molar-refractivity contribution in [2.75, 3.05) is 20.2 Å². The minimum atomic E-state index is -0.672. The van der Waals surface area contributed by atoms with Crippen LogP contribution in [0.5, 0.6) is 0 Å². The molecule has 3 aromatic carbocycles. The number of hydrogen-bond donors (Lipinski definition) is 4. The van der Waals surface area contributed by atoms with Crippen LogP contribution in [0.4, 0.5) is 4.79 Å². The van der Waals surface area contributed by atoms with Gasteiger partial charge >= 0.3 is 6.09 Å². The molecule has 5 N–H and O–H groups in total. The van der Waals surface area contributed by atoms with E-state index in [1.165, 1.54) is 64.5 Å². The largest absolute Gasteiger partial charge is 0.453 e. The summed E-state index contributed by atoms with van der Waals surface area (Å²) in [5.41, 5.74) is 21.6. The second-order valence-electron chi connectivity index (χ2n) is 19.2. The average molecular weight is 837 g/mol. The number of alkyl carbamates (subject to hydrolysis) is 1. The Morgan fingerprint density at radius 2 is 1.47 bits per heavy atom. The van der Waals surface area contributed by atoms with Crippen LogP contribution in [0.1, 0.15) is 125 Å². The number of nitrogens with two attached hydrogens (primary N) is 1. The Balaban J connectivity index is 0.944. The number of benzene rings is 3. The Hall–Kier alpha value is -5.49. The zero-order chi connectivity index (χ0) is 43.0. The maximum atomic E-state index is 13.8. The summed E-state index contributed by atoms with van der Waals surface area (Å²) in [6.07, 6.45) is 11.7. The Labute approximate surface area is 363 Å². The van der Waals surface area contributed by atoms with Gasteiger partial charge in [0.25, 0.3) is 0 Å². The van der Waals surface area contributed by atoms with E-state index in [-0.39, 0.29) is 35.7 Å². The summed E-state index contributed by atoms with van der Waals surface area (Å²) in [4.78, 5) is 60.3. The van der Waals surface area contributed by atoms with Gasteiger partial charge in [0.05, 0.1) is 48.2 Å². The van der Waals surface area contributed by atoms with Gasteiger partial charge in [-0.15, -0.1) is 0 Å². The number of nitrogens with one attached hydrogen (secondary N) is 3. The van der Waals surface area contributed by atoms with E-state index in [0.717, 1.165) is 79.7 Å². The number of rotatable bonds is 10. The third-order valence-corrected chi connectivity index (χ3v) is 15.0. The molecule has 0 bridgehead atoms. The van der Waals surface area contributed by atoms with Gasteiger partial charge in [-0.05, 0) is 145 Å². The number of carbonyl (C=O) groups excluding carboxylic acids is 3. The van der Waals surface area contributed by atoms with Crippen LogP contribution < -0.4 is 11.1 Å². The minimum Gasteiger partial charge on any atom is -0.453 e. The number of imidazole rings is 2. The highest BCUT2D eigenvalue weighted by molar-refractivity contribution is 5.89. The Morgan fingerprint density at radius 3 is 2.18 bits per heavy atom. The molecule has 12 heteroatoms. The van der Waals surface area contributed by atoms with Crippen molar-refractivity contribution in [3.63, 3.8) is 0 Å². The molecule has 62 heavy (non-hydrogen) atoms. The van der Waals surface area contributed by atoms with E-state index in [1.54, 1.807) is 5.56 Å². The smallest absolute Gasteiger partial charge is 0.407 e. The lowest BCUT2D eigenvalue weighted by Gasteiger charge is -2.32. The molecule has 6 unspecified atom stereocenters. The second-order valence-corrected chi connectivity index (χ2v) is 19.2. The number of H-pyrrole nitrogens is 2. The lowest BCUT2D eigenvalue weighted by molar-refractivity contribution is -0.136. The first-order valence-corrected chi connectivity index (χ1v) is 23.1. The first-order valence-electron chi connectivity index (χ1n) is 23.1. The highest BCUT2D eigenvalue weighted by Gasteiger charge is 2.43. The zero-order valence-electron chi connectivity index (χ0n) is 36.7. The molecular formula is C50H60N8O4. The van der Waals surface area contributed by atoms with E-state index in [1.807, 2.05) is 43.7 Å². The summed E-state index contributed by atoms with van der Waals surface area (Å²) in [5.74, 6) is 2.82. The van der Waals surface area contributed by atoms with E-state index in [9.17, 15) is 14.4 Å². The fraction of sp³-hybridized carbons (Fsp3) is 0.500. The van der Waals surface area contributed by atoms with Crippen molar-refractivity contribution in [2.45, 2.75) is 122 Å². The lowest BCUT2D eigenvalue weighted by Crippen LogP contribution is -2.51. The standard InChI is InChI=1S/C50H60N8O4/c1-26(2)44(51)48(59)57-21-8-12-42(57)47-53-38-20-14-29(24-39(38)54-47)30-16-19-36(43-31-15-13-28(31)23-37(30)43)34-17-18-35(33-10-6-9-32(33)34)40-25-52-46(55-40)41-11-7-22-58(41)49(60)45(27(3)4)56-50(61)62-5/h14,16-20,24-28,31,41-42,44-45H,6-13,15,21-23,51H2,1-5H3,(H,52,55)(H,53,54)(H,56,61). The maximum Gasteiger partial charge on any atom is 0.407 e. The Kier molecular flexibility index (Phi) is 10.5. The quantitative estimate of drug-likeness (QED) is 0.110. The van der Waals surface area contributed by atoms with Gasteiger partial charge in [0.1, 0.15) is 17.7 Å². The fourth-order valence-corrected chi connectivity index (χ4v) is 11.5. The molecule has 12 nitrogen and oxygen atoms in total. The van der Waals surface area contributed by atoms with Crippen LogP contribution in [0.25, 0.3) is 44.5 Å². The summed E-state index contributed by atoms with van der Waals surface area (Å²) < 4.78 is 4.83. The highest BCUT2D eigenvalue weighted by Crippen LogP contribution is 2.57. The Bertz CT molecular complexity index is 2570. The number of aromatic amines is 2. The van der Waals surface area contributed by atoms with Crippen LogP contribution in [-0.2, 0) is 33.6 Å². The number of aromatic nitrogens is 4. The summed E-state index contributed by atoms with van der Waals surface area (Å²) in [6, 6.07) is 14.6. The summed E-state index contributed by atoms with van der Waals surface area (Å²) >= 11 is 0. The number of amides is 3. The van der Waals surface area contributed by atoms with E-state index < -0.39 is 18.2 Å². The molecule has 0 spiro atoms. The lowest BCUT2D eigenvalue weighted by atomic mass is 9.72. The van der Waals surface area contributed by atoms with Gasteiger partial charge < -0.3 is 35.6 Å². The van der Waals surface area contributed by atoms with Gasteiger partial charge in [-0.2, -0.15) is 0 Å². The monoisotopic (exact) mass is 836 g/mol. The zero-order valence-corrected chi connectivity index (χ0v) is 36.7. The number of hydrogen-bond acceptors (Lipinski definition) is 7. The van der Waals surface area contributed by atoms with E-state index in [4.69, 9.17) is 20.4 Å². The molecule has 3 aliphatic carbocycles. The van der Waals surface area contributed by atoms with Crippen LogP contribution in [0.3, 0.4) is 0 Å². The molecule has 2 aromatic heterocycles. The van der Waals surface area contributed by atoms with E-state index in [0.29, 0.717) is 24.9 Å². The van der Waals surface area contributed by atoms with Crippen molar-refractivity contribution in [3.8, 4) is 33.5 Å². The van der Waals surface area contributed by atoms with Crippen molar-refractivity contribution >= 4 is 28.9 Å². The molecule has 4 heterocycles. The van der Waals surface area contributed by atoms with Crippen molar-refractivity contribution in [2.24, 2.45) is 23.5 Å². The molecule has 3 fully saturated rings.